The minimum atomic E-state index is -0.502. The molecule has 1 saturated carbocycles. The van der Waals surface area contributed by atoms with Crippen LogP contribution in [0.3, 0.4) is 0 Å². The van der Waals surface area contributed by atoms with Gasteiger partial charge in [0.2, 0.25) is 5.91 Å². The van der Waals surface area contributed by atoms with E-state index in [-0.39, 0.29) is 30.8 Å². The van der Waals surface area contributed by atoms with Gasteiger partial charge in [-0.15, -0.1) is 0 Å². The molecule has 1 aromatic carbocycles. The monoisotopic (exact) mass is 305 g/mol. The van der Waals surface area contributed by atoms with Crippen LogP contribution in [0.5, 0.6) is 0 Å². The topological polar surface area (TPSA) is 96.5 Å². The number of anilines is 1. The lowest BCUT2D eigenvalue weighted by Crippen LogP contribution is -2.41. The minimum Gasteiger partial charge on any atom is -0.462 e. The average Bonchev–Trinajstić information content (AvgIpc) is 3.30. The van der Waals surface area contributed by atoms with Crippen LogP contribution in [0.2, 0.25) is 0 Å². The quantitative estimate of drug-likeness (QED) is 0.689. The Morgan fingerprint density at radius 1 is 1.23 bits per heavy atom. The highest BCUT2D eigenvalue weighted by atomic mass is 16.5. The first-order valence-corrected chi connectivity index (χ1v) is 7.20. The van der Waals surface area contributed by atoms with Crippen molar-refractivity contribution in [1.82, 2.24) is 10.6 Å². The molecule has 118 valence electrons. The molecular formula is C15H19N3O4. The van der Waals surface area contributed by atoms with Crippen LogP contribution in [0, 0.1) is 0 Å². The summed E-state index contributed by atoms with van der Waals surface area (Å²) in [5.74, 6) is -0.916. The molecule has 0 bridgehead atoms. The van der Waals surface area contributed by atoms with Gasteiger partial charge >= 0.3 is 12.0 Å². The van der Waals surface area contributed by atoms with Crippen molar-refractivity contribution in [3.05, 3.63) is 29.8 Å². The Kier molecular flexibility index (Phi) is 5.35. The summed E-state index contributed by atoms with van der Waals surface area (Å²) in [6, 6.07) is 6.42. The largest absolute Gasteiger partial charge is 0.462 e. The Morgan fingerprint density at radius 2 is 1.95 bits per heavy atom. The van der Waals surface area contributed by atoms with Crippen molar-refractivity contribution in [3.63, 3.8) is 0 Å². The average molecular weight is 305 g/mol. The fraction of sp³-hybridized carbons (Fsp3) is 0.400. The van der Waals surface area contributed by atoms with Crippen molar-refractivity contribution in [1.29, 1.82) is 0 Å². The van der Waals surface area contributed by atoms with Crippen LogP contribution in [0.4, 0.5) is 10.5 Å². The Hall–Kier alpha value is -2.57. The van der Waals surface area contributed by atoms with Gasteiger partial charge in [0, 0.05) is 6.04 Å². The molecule has 0 unspecified atom stereocenters. The molecule has 0 radical (unpaired) electrons. The number of ether oxygens (including phenoxy) is 1. The number of hydrogen-bond donors (Lipinski definition) is 3. The summed E-state index contributed by atoms with van der Waals surface area (Å²) in [6.45, 7) is 1.79. The van der Waals surface area contributed by atoms with E-state index < -0.39 is 11.9 Å². The maximum absolute atomic E-state index is 11.8. The van der Waals surface area contributed by atoms with E-state index in [4.69, 9.17) is 4.74 Å². The van der Waals surface area contributed by atoms with Crippen molar-refractivity contribution in [2.75, 3.05) is 18.5 Å². The summed E-state index contributed by atoms with van der Waals surface area (Å²) in [4.78, 5) is 35.1. The van der Waals surface area contributed by atoms with Gasteiger partial charge in [-0.3, -0.25) is 4.79 Å². The molecule has 1 aliphatic carbocycles. The molecule has 22 heavy (non-hydrogen) atoms. The van der Waals surface area contributed by atoms with E-state index in [9.17, 15) is 14.4 Å². The zero-order valence-corrected chi connectivity index (χ0v) is 12.3. The van der Waals surface area contributed by atoms with Gasteiger partial charge in [-0.25, -0.2) is 9.59 Å². The molecule has 1 aromatic rings. The molecule has 3 amide bonds. The van der Waals surface area contributed by atoms with Gasteiger partial charge in [-0.05, 0) is 31.9 Å². The van der Waals surface area contributed by atoms with Crippen LogP contribution >= 0.6 is 0 Å². The van der Waals surface area contributed by atoms with Crippen LogP contribution in [-0.4, -0.2) is 37.1 Å². The standard InChI is InChI=1S/C15H19N3O4/c1-2-22-14(20)11-5-3-4-6-12(11)18-13(19)9-16-15(21)17-10-7-8-10/h3-6,10H,2,7-9H2,1H3,(H,18,19)(H2,16,17,21). The third-order valence-electron chi connectivity index (χ3n) is 3.02. The zero-order valence-electron chi connectivity index (χ0n) is 12.3. The molecule has 0 spiro atoms. The molecule has 0 aromatic heterocycles. The van der Waals surface area contributed by atoms with Gasteiger partial charge in [-0.1, -0.05) is 12.1 Å². The van der Waals surface area contributed by atoms with Crippen molar-refractivity contribution in [2.24, 2.45) is 0 Å². The Labute approximate surface area is 128 Å². The maximum atomic E-state index is 11.8. The predicted molar refractivity (Wildman–Crippen MR) is 80.6 cm³/mol. The van der Waals surface area contributed by atoms with Gasteiger partial charge in [0.05, 0.1) is 24.4 Å². The molecule has 1 fully saturated rings. The summed E-state index contributed by atoms with van der Waals surface area (Å²) < 4.78 is 4.93. The first-order chi connectivity index (χ1) is 10.6. The Balaban J connectivity index is 1.87. The van der Waals surface area contributed by atoms with Crippen LogP contribution in [0.1, 0.15) is 30.1 Å². The third-order valence-corrected chi connectivity index (χ3v) is 3.02. The summed E-state index contributed by atoms with van der Waals surface area (Å²) in [5, 5.41) is 7.78. The number of benzene rings is 1. The Morgan fingerprint density at radius 3 is 2.64 bits per heavy atom. The molecule has 0 aliphatic heterocycles. The van der Waals surface area contributed by atoms with Gasteiger partial charge in [-0.2, -0.15) is 0 Å². The fourth-order valence-corrected chi connectivity index (χ4v) is 1.80. The number of urea groups is 1. The molecule has 7 nitrogen and oxygen atoms in total. The molecule has 7 heteroatoms. The fourth-order valence-electron chi connectivity index (χ4n) is 1.80. The number of rotatable bonds is 6. The molecule has 0 saturated heterocycles. The van der Waals surface area contributed by atoms with Crippen molar-refractivity contribution in [2.45, 2.75) is 25.8 Å². The van der Waals surface area contributed by atoms with E-state index in [1.165, 1.54) is 0 Å². The van der Waals surface area contributed by atoms with Crippen LogP contribution in [0.15, 0.2) is 24.3 Å². The summed E-state index contributed by atoms with van der Waals surface area (Å²) in [6.07, 6.45) is 1.96. The number of carbonyl (C=O) groups excluding carboxylic acids is 3. The summed E-state index contributed by atoms with van der Waals surface area (Å²) in [5.41, 5.74) is 0.635. The summed E-state index contributed by atoms with van der Waals surface area (Å²) in [7, 11) is 0. The SMILES string of the molecule is CCOC(=O)c1ccccc1NC(=O)CNC(=O)NC1CC1. The third kappa shape index (κ3) is 4.76. The molecule has 2 rings (SSSR count). The normalized spacial score (nSPS) is 13.1. The lowest BCUT2D eigenvalue weighted by atomic mass is 10.2. The number of carbonyl (C=O) groups is 3. The predicted octanol–water partition coefficient (Wildman–Crippen LogP) is 1.26. The Bertz CT molecular complexity index is 570. The van der Waals surface area contributed by atoms with Gasteiger partial charge < -0.3 is 20.7 Å². The second kappa shape index (κ2) is 7.44. The number of hydrogen-bond acceptors (Lipinski definition) is 4. The van der Waals surface area contributed by atoms with Gasteiger partial charge in [0.25, 0.3) is 0 Å². The molecule has 1 aliphatic rings. The van der Waals surface area contributed by atoms with E-state index in [2.05, 4.69) is 16.0 Å². The highest BCUT2D eigenvalue weighted by Gasteiger charge is 2.23. The van der Waals surface area contributed by atoms with E-state index in [0.29, 0.717) is 5.69 Å². The van der Waals surface area contributed by atoms with Gasteiger partial charge in [0.1, 0.15) is 0 Å². The lowest BCUT2D eigenvalue weighted by molar-refractivity contribution is -0.115. The molecule has 0 heterocycles. The van der Waals surface area contributed by atoms with E-state index in [1.807, 2.05) is 0 Å². The van der Waals surface area contributed by atoms with Crippen LogP contribution < -0.4 is 16.0 Å². The van der Waals surface area contributed by atoms with Crippen LogP contribution in [-0.2, 0) is 9.53 Å². The maximum Gasteiger partial charge on any atom is 0.340 e. The molecular weight excluding hydrogens is 286 g/mol. The van der Waals surface area contributed by atoms with E-state index in [0.717, 1.165) is 12.8 Å². The van der Waals surface area contributed by atoms with E-state index in [1.54, 1.807) is 31.2 Å². The number of para-hydroxylation sites is 1. The van der Waals surface area contributed by atoms with Crippen molar-refractivity contribution >= 4 is 23.6 Å². The molecule has 0 atom stereocenters. The smallest absolute Gasteiger partial charge is 0.340 e. The lowest BCUT2D eigenvalue weighted by Gasteiger charge is -2.11. The van der Waals surface area contributed by atoms with E-state index >= 15 is 0 Å². The van der Waals surface area contributed by atoms with Crippen molar-refractivity contribution < 1.29 is 19.1 Å². The number of esters is 1. The highest BCUT2D eigenvalue weighted by Crippen LogP contribution is 2.18. The molecule has 3 N–H and O–H groups in total. The number of amides is 3. The zero-order chi connectivity index (χ0) is 15.9. The number of nitrogens with one attached hydrogen (secondary N) is 3. The van der Waals surface area contributed by atoms with Gasteiger partial charge in [0.15, 0.2) is 0 Å². The van der Waals surface area contributed by atoms with Crippen LogP contribution in [0.25, 0.3) is 0 Å². The summed E-state index contributed by atoms with van der Waals surface area (Å²) >= 11 is 0. The van der Waals surface area contributed by atoms with Crippen molar-refractivity contribution in [3.8, 4) is 0 Å². The highest BCUT2D eigenvalue weighted by molar-refractivity contribution is 6.02. The minimum absolute atomic E-state index is 0.171. The second-order valence-electron chi connectivity index (χ2n) is 4.92. The first kappa shape index (κ1) is 15.8. The first-order valence-electron chi connectivity index (χ1n) is 7.20. The second-order valence-corrected chi connectivity index (χ2v) is 4.92.